The minimum atomic E-state index is 0.0908. The SMILES string of the molecule is CCOc1cccc2sc(N(CCn3nc(C)cc3C)C(=O)CCCSc3ccc(C)cc3)nc12. The van der Waals surface area contributed by atoms with Gasteiger partial charge in [-0.2, -0.15) is 5.10 Å². The second-order valence-electron chi connectivity index (χ2n) is 8.49. The van der Waals surface area contributed by atoms with E-state index in [2.05, 4.69) is 42.4 Å². The maximum atomic E-state index is 13.4. The largest absolute Gasteiger partial charge is 0.492 e. The average Bonchev–Trinajstić information content (AvgIpc) is 3.41. The van der Waals surface area contributed by atoms with Crippen LogP contribution in [0.4, 0.5) is 5.13 Å². The zero-order valence-electron chi connectivity index (χ0n) is 20.8. The van der Waals surface area contributed by atoms with E-state index in [4.69, 9.17) is 9.72 Å². The van der Waals surface area contributed by atoms with Crippen LogP contribution in [0, 0.1) is 20.8 Å². The van der Waals surface area contributed by atoms with Crippen LogP contribution in [0.2, 0.25) is 0 Å². The summed E-state index contributed by atoms with van der Waals surface area (Å²) in [6, 6.07) is 16.5. The van der Waals surface area contributed by atoms with Crippen LogP contribution in [0.5, 0.6) is 5.75 Å². The van der Waals surface area contributed by atoms with Crippen molar-refractivity contribution in [3.8, 4) is 5.75 Å². The van der Waals surface area contributed by atoms with Crippen molar-refractivity contribution in [2.75, 3.05) is 23.8 Å². The molecule has 0 bridgehead atoms. The molecule has 0 saturated carbocycles. The number of hydrogen-bond acceptors (Lipinski definition) is 6. The van der Waals surface area contributed by atoms with Gasteiger partial charge in [0.05, 0.1) is 23.5 Å². The summed E-state index contributed by atoms with van der Waals surface area (Å²) >= 11 is 3.33. The summed E-state index contributed by atoms with van der Waals surface area (Å²) in [4.78, 5) is 21.3. The van der Waals surface area contributed by atoms with Crippen LogP contribution in [0.25, 0.3) is 10.2 Å². The number of thioether (sulfide) groups is 1. The average molecular weight is 509 g/mol. The van der Waals surface area contributed by atoms with E-state index in [-0.39, 0.29) is 5.91 Å². The van der Waals surface area contributed by atoms with Crippen molar-refractivity contribution in [1.29, 1.82) is 0 Å². The van der Waals surface area contributed by atoms with Crippen molar-refractivity contribution >= 4 is 44.4 Å². The van der Waals surface area contributed by atoms with E-state index in [1.54, 1.807) is 11.8 Å². The summed E-state index contributed by atoms with van der Waals surface area (Å²) in [6.07, 6.45) is 1.28. The molecule has 0 aliphatic carbocycles. The van der Waals surface area contributed by atoms with Gasteiger partial charge in [0, 0.05) is 23.6 Å². The highest BCUT2D eigenvalue weighted by Crippen LogP contribution is 2.34. The molecule has 0 aliphatic rings. The third-order valence-corrected chi connectivity index (χ3v) is 7.81. The number of fused-ring (bicyclic) bond motifs is 1. The number of rotatable bonds is 11. The molecular weight excluding hydrogens is 476 g/mol. The third kappa shape index (κ3) is 6.44. The van der Waals surface area contributed by atoms with E-state index in [0.717, 1.165) is 39.5 Å². The van der Waals surface area contributed by atoms with Crippen molar-refractivity contribution in [3.05, 3.63) is 65.5 Å². The summed E-state index contributed by atoms with van der Waals surface area (Å²) in [5, 5.41) is 5.28. The van der Waals surface area contributed by atoms with Crippen LogP contribution in [-0.4, -0.2) is 39.6 Å². The number of benzene rings is 2. The van der Waals surface area contributed by atoms with Gasteiger partial charge in [-0.1, -0.05) is 35.1 Å². The molecule has 0 N–H and O–H groups in total. The molecule has 35 heavy (non-hydrogen) atoms. The van der Waals surface area contributed by atoms with Gasteiger partial charge in [0.15, 0.2) is 5.13 Å². The van der Waals surface area contributed by atoms with Gasteiger partial charge in [0.1, 0.15) is 11.3 Å². The van der Waals surface area contributed by atoms with Crippen LogP contribution in [-0.2, 0) is 11.3 Å². The molecule has 2 aromatic carbocycles. The molecule has 0 atom stereocenters. The zero-order valence-corrected chi connectivity index (χ0v) is 22.4. The number of carbonyl (C=O) groups is 1. The Balaban J connectivity index is 1.48. The highest BCUT2D eigenvalue weighted by Gasteiger charge is 2.21. The standard InChI is InChI=1S/C27H32N4O2S2/c1-5-33-23-8-6-9-24-26(23)28-27(35-24)30(15-16-31-21(4)18-20(3)29-31)25(32)10-7-17-34-22-13-11-19(2)12-14-22/h6,8-9,11-14,18H,5,7,10,15-17H2,1-4H3. The predicted octanol–water partition coefficient (Wildman–Crippen LogP) is 6.42. The zero-order chi connectivity index (χ0) is 24.8. The molecule has 0 unspecified atom stereocenters. The van der Waals surface area contributed by atoms with Gasteiger partial charge in [-0.25, -0.2) is 4.98 Å². The highest BCUT2D eigenvalue weighted by molar-refractivity contribution is 7.99. The molecule has 1 amide bonds. The molecule has 0 fully saturated rings. The smallest absolute Gasteiger partial charge is 0.228 e. The predicted molar refractivity (Wildman–Crippen MR) is 146 cm³/mol. The first-order valence-electron chi connectivity index (χ1n) is 12.0. The first kappa shape index (κ1) is 25.3. The van der Waals surface area contributed by atoms with Crippen molar-refractivity contribution < 1.29 is 9.53 Å². The van der Waals surface area contributed by atoms with Crippen molar-refractivity contribution in [1.82, 2.24) is 14.8 Å². The number of aromatic nitrogens is 3. The van der Waals surface area contributed by atoms with Crippen LogP contribution < -0.4 is 9.64 Å². The Morgan fingerprint density at radius 2 is 1.94 bits per heavy atom. The summed E-state index contributed by atoms with van der Waals surface area (Å²) < 4.78 is 8.75. The summed E-state index contributed by atoms with van der Waals surface area (Å²) in [7, 11) is 0. The lowest BCUT2D eigenvalue weighted by Gasteiger charge is -2.20. The number of carbonyl (C=O) groups excluding carboxylic acids is 1. The number of aryl methyl sites for hydroxylation is 3. The van der Waals surface area contributed by atoms with E-state index in [1.807, 2.05) is 48.6 Å². The molecule has 6 nitrogen and oxygen atoms in total. The van der Waals surface area contributed by atoms with Crippen LogP contribution in [0.15, 0.2) is 53.4 Å². The quantitative estimate of drug-likeness (QED) is 0.173. The number of thiazole rings is 1. The van der Waals surface area contributed by atoms with Gasteiger partial charge in [-0.05, 0) is 70.2 Å². The van der Waals surface area contributed by atoms with Gasteiger partial charge in [-0.3, -0.25) is 14.4 Å². The molecule has 4 aromatic rings. The molecule has 2 aromatic heterocycles. The van der Waals surface area contributed by atoms with E-state index in [0.29, 0.717) is 31.2 Å². The molecule has 2 heterocycles. The van der Waals surface area contributed by atoms with Gasteiger partial charge in [0.25, 0.3) is 0 Å². The maximum absolute atomic E-state index is 13.4. The van der Waals surface area contributed by atoms with Gasteiger partial charge in [-0.15, -0.1) is 11.8 Å². The lowest BCUT2D eigenvalue weighted by molar-refractivity contribution is -0.118. The van der Waals surface area contributed by atoms with Gasteiger partial charge in [0.2, 0.25) is 5.91 Å². The number of para-hydroxylation sites is 1. The van der Waals surface area contributed by atoms with Gasteiger partial charge < -0.3 is 4.74 Å². The Morgan fingerprint density at radius 1 is 1.14 bits per heavy atom. The fourth-order valence-electron chi connectivity index (χ4n) is 3.90. The van der Waals surface area contributed by atoms with E-state index < -0.39 is 0 Å². The second kappa shape index (κ2) is 11.7. The number of ether oxygens (including phenoxy) is 1. The lowest BCUT2D eigenvalue weighted by atomic mass is 10.2. The highest BCUT2D eigenvalue weighted by atomic mass is 32.2. The maximum Gasteiger partial charge on any atom is 0.228 e. The number of anilines is 1. The Morgan fingerprint density at radius 3 is 2.66 bits per heavy atom. The molecule has 0 spiro atoms. The lowest BCUT2D eigenvalue weighted by Crippen LogP contribution is -2.34. The van der Waals surface area contributed by atoms with Gasteiger partial charge >= 0.3 is 0 Å². The van der Waals surface area contributed by atoms with Crippen molar-refractivity contribution in [2.24, 2.45) is 0 Å². The van der Waals surface area contributed by atoms with E-state index in [9.17, 15) is 4.79 Å². The molecule has 4 rings (SSSR count). The second-order valence-corrected chi connectivity index (χ2v) is 10.7. The molecule has 0 radical (unpaired) electrons. The van der Waals surface area contributed by atoms with Crippen LogP contribution in [0.1, 0.15) is 36.7 Å². The van der Waals surface area contributed by atoms with Crippen molar-refractivity contribution in [2.45, 2.75) is 52.0 Å². The number of amides is 1. The fourth-order valence-corrected chi connectivity index (χ4v) is 5.78. The minimum Gasteiger partial charge on any atom is -0.492 e. The first-order valence-corrected chi connectivity index (χ1v) is 13.8. The fraction of sp³-hybridized carbons (Fsp3) is 0.370. The number of nitrogens with zero attached hydrogens (tertiary/aromatic N) is 4. The first-order chi connectivity index (χ1) is 16.9. The molecule has 8 heteroatoms. The van der Waals surface area contributed by atoms with E-state index >= 15 is 0 Å². The summed E-state index contributed by atoms with van der Waals surface area (Å²) in [5.41, 5.74) is 4.14. The Labute approximate surface area is 215 Å². The van der Waals surface area contributed by atoms with E-state index in [1.165, 1.54) is 21.8 Å². The third-order valence-electron chi connectivity index (χ3n) is 5.67. The Kier molecular flexibility index (Phi) is 8.46. The van der Waals surface area contributed by atoms with Crippen LogP contribution in [0.3, 0.4) is 0 Å². The summed E-state index contributed by atoms with van der Waals surface area (Å²) in [5.74, 6) is 1.75. The molecule has 184 valence electrons. The van der Waals surface area contributed by atoms with Crippen LogP contribution >= 0.6 is 23.1 Å². The molecule has 0 saturated heterocycles. The topological polar surface area (TPSA) is 60.2 Å². The molecule has 0 aliphatic heterocycles. The Hall–Kier alpha value is -2.84. The number of hydrogen-bond donors (Lipinski definition) is 0. The molecular formula is C27H32N4O2S2. The summed E-state index contributed by atoms with van der Waals surface area (Å²) in [6.45, 7) is 9.80. The Bertz CT molecular complexity index is 1280. The monoisotopic (exact) mass is 508 g/mol. The normalized spacial score (nSPS) is 11.2. The van der Waals surface area contributed by atoms with Crippen molar-refractivity contribution in [3.63, 3.8) is 0 Å². The minimum absolute atomic E-state index is 0.0908.